The summed E-state index contributed by atoms with van der Waals surface area (Å²) in [5.74, 6) is 3.43. The van der Waals surface area contributed by atoms with Gasteiger partial charge in [-0.15, -0.1) is 58.7 Å². The topological polar surface area (TPSA) is 70.0 Å². The Hall–Kier alpha value is -4.75. The van der Waals surface area contributed by atoms with Crippen LogP contribution in [0.3, 0.4) is 0 Å². The summed E-state index contributed by atoms with van der Waals surface area (Å²) < 4.78 is 13.6. The molecule has 1 aliphatic heterocycles. The second-order valence-corrected chi connectivity index (χ2v) is 16.0. The fourth-order valence-electron chi connectivity index (χ4n) is 7.68. The number of hydrogen-bond donors (Lipinski definition) is 0. The fourth-order valence-corrected chi connectivity index (χ4v) is 7.68. The predicted octanol–water partition coefficient (Wildman–Crippen LogP) is 9.51. The normalized spacial score (nSPS) is 11.5. The zero-order chi connectivity index (χ0) is 39.8. The van der Waals surface area contributed by atoms with E-state index in [0.717, 1.165) is 90.8 Å². The molecule has 7 aromatic rings. The number of benzene rings is 4. The first-order chi connectivity index (χ1) is 27.5. The summed E-state index contributed by atoms with van der Waals surface area (Å²) in [7, 11) is 0. The van der Waals surface area contributed by atoms with Crippen LogP contribution in [-0.4, -0.2) is 26.6 Å². The Labute approximate surface area is 377 Å². The third-order valence-electron chi connectivity index (χ3n) is 10.4. The van der Waals surface area contributed by atoms with Crippen LogP contribution in [0.4, 0.5) is 0 Å². The largest absolute Gasteiger partial charge is 2.00 e. The first-order valence-corrected chi connectivity index (χ1v) is 19.7. The molecule has 9 heteroatoms. The van der Waals surface area contributed by atoms with Crippen molar-refractivity contribution in [1.29, 1.82) is 0 Å². The predicted molar refractivity (Wildman–Crippen MR) is 229 cm³/mol. The van der Waals surface area contributed by atoms with Crippen molar-refractivity contribution in [3.8, 4) is 56.6 Å². The number of hydrogen-bond acceptors (Lipinski definition) is 6. The van der Waals surface area contributed by atoms with Crippen LogP contribution in [0.5, 0.6) is 23.0 Å². The van der Waals surface area contributed by atoms with E-state index in [9.17, 15) is 0 Å². The standard InChI is InChI=1S/C50H45BN4O2.2Pd/c1-30(2)20-42-34(7)24-36(46-22-32(5)14-18-52-46)26-48(42)56-38-10-12-40-41-13-11-39(29-45(41)51(44(40)28-38)50-54-16-9-17-55-50)57-49-27-37(47-23-33(6)15-19-53-47)25-35(8)43(49)21-31(3)4;;/h9-19,22-25,30-31H,20-21H2,1-8H3;;/q-4;2*+2. The van der Waals surface area contributed by atoms with E-state index in [1.165, 1.54) is 0 Å². The zero-order valence-corrected chi connectivity index (χ0v) is 37.7. The third kappa shape index (κ3) is 9.51. The van der Waals surface area contributed by atoms with Crippen molar-refractivity contribution >= 4 is 23.4 Å². The van der Waals surface area contributed by atoms with Gasteiger partial charge >= 0.3 is 40.8 Å². The van der Waals surface area contributed by atoms with Gasteiger partial charge in [-0.05, 0) is 43.4 Å². The fraction of sp³-hybridized carbons (Fsp3) is 0.240. The first-order valence-electron chi connectivity index (χ1n) is 19.7. The van der Waals surface area contributed by atoms with Gasteiger partial charge in [0.1, 0.15) is 0 Å². The molecule has 0 radical (unpaired) electrons. The van der Waals surface area contributed by atoms with Crippen molar-refractivity contribution in [3.63, 3.8) is 0 Å². The van der Waals surface area contributed by atoms with Gasteiger partial charge in [-0.1, -0.05) is 113 Å². The molecule has 4 aromatic carbocycles. The minimum Gasteiger partial charge on any atom is -0.503 e. The van der Waals surface area contributed by atoms with Gasteiger partial charge in [0, 0.05) is 47.8 Å². The summed E-state index contributed by atoms with van der Waals surface area (Å²) in [6.07, 6.45) is 8.95. The van der Waals surface area contributed by atoms with Gasteiger partial charge in [-0.25, -0.2) is 0 Å². The maximum Gasteiger partial charge on any atom is 2.00 e. The molecule has 0 saturated heterocycles. The van der Waals surface area contributed by atoms with Crippen molar-refractivity contribution in [3.05, 3.63) is 149 Å². The van der Waals surface area contributed by atoms with Crippen LogP contribution in [0, 0.1) is 63.8 Å². The summed E-state index contributed by atoms with van der Waals surface area (Å²) in [5, 5.41) is 0. The van der Waals surface area contributed by atoms with Gasteiger partial charge in [-0.3, -0.25) is 9.97 Å². The molecular weight excluding hydrogens is 912 g/mol. The van der Waals surface area contributed by atoms with E-state index in [0.29, 0.717) is 40.6 Å². The molecule has 4 heterocycles. The molecule has 0 N–H and O–H groups in total. The van der Waals surface area contributed by atoms with E-state index >= 15 is 0 Å². The molecule has 0 saturated carbocycles. The maximum absolute atomic E-state index is 6.78. The van der Waals surface area contributed by atoms with Gasteiger partial charge in [0.15, 0.2) is 0 Å². The maximum atomic E-state index is 6.78. The summed E-state index contributed by atoms with van der Waals surface area (Å²) >= 11 is 0. The third-order valence-corrected chi connectivity index (χ3v) is 10.4. The van der Waals surface area contributed by atoms with Crippen LogP contribution in [0.25, 0.3) is 33.6 Å². The average Bonchev–Trinajstić information content (AvgIpc) is 3.50. The average molecular weight is 958 g/mol. The minimum atomic E-state index is -0.337. The van der Waals surface area contributed by atoms with Crippen LogP contribution < -0.4 is 26.1 Å². The van der Waals surface area contributed by atoms with E-state index in [2.05, 4.69) is 126 Å². The van der Waals surface area contributed by atoms with E-state index in [1.54, 1.807) is 12.4 Å². The Balaban J connectivity index is 0.00000293. The number of rotatable bonds is 11. The van der Waals surface area contributed by atoms with Crippen molar-refractivity contribution in [2.75, 3.05) is 0 Å². The van der Waals surface area contributed by atoms with E-state index in [1.807, 2.05) is 42.7 Å². The van der Waals surface area contributed by atoms with Crippen molar-refractivity contribution < 1.29 is 50.3 Å². The molecule has 0 bridgehead atoms. The van der Waals surface area contributed by atoms with Crippen molar-refractivity contribution in [1.82, 2.24) is 19.9 Å². The van der Waals surface area contributed by atoms with E-state index in [-0.39, 0.29) is 47.6 Å². The van der Waals surface area contributed by atoms with Crippen LogP contribution >= 0.6 is 0 Å². The van der Waals surface area contributed by atoms with Gasteiger partial charge in [0.25, 0.3) is 0 Å². The summed E-state index contributed by atoms with van der Waals surface area (Å²) in [4.78, 5) is 18.8. The van der Waals surface area contributed by atoms with Crippen LogP contribution in [-0.2, 0) is 53.7 Å². The summed E-state index contributed by atoms with van der Waals surface area (Å²) in [6, 6.07) is 37.0. The number of ether oxygens (including phenoxy) is 2. The molecule has 0 aliphatic carbocycles. The SMILES string of the molecule is Cc1ccnc(-c2[c-]c(Oc3[c-]c4c(cc3)-c3ccc(Oc5[c-]c(-c6cc(C)ccn6)cc(C)c5CC(C)C)[c-]c3B4c3ncccn3)c(CC(C)C)c(C)c2)c1.[Pd+2].[Pd+2]. The molecule has 1 aliphatic rings. The van der Waals surface area contributed by atoms with E-state index in [4.69, 9.17) is 19.4 Å². The Morgan fingerprint density at radius 1 is 0.542 bits per heavy atom. The van der Waals surface area contributed by atoms with Crippen LogP contribution in [0.15, 0.2) is 91.5 Å². The number of aryl methyl sites for hydroxylation is 4. The number of nitrogens with zero attached hydrogens (tertiary/aromatic N) is 4. The van der Waals surface area contributed by atoms with Gasteiger partial charge in [-0.2, -0.15) is 34.2 Å². The molecule has 0 amide bonds. The van der Waals surface area contributed by atoms with Gasteiger partial charge < -0.3 is 19.4 Å². The van der Waals surface area contributed by atoms with Gasteiger partial charge in [0.05, 0.1) is 5.72 Å². The summed E-state index contributed by atoms with van der Waals surface area (Å²) in [5.41, 5.74) is 14.9. The van der Waals surface area contributed by atoms with E-state index < -0.39 is 0 Å². The molecule has 3 aromatic heterocycles. The molecule has 300 valence electrons. The summed E-state index contributed by atoms with van der Waals surface area (Å²) in [6.45, 7) is 17.0. The number of fused-ring (bicyclic) bond motifs is 3. The molecule has 59 heavy (non-hydrogen) atoms. The minimum absolute atomic E-state index is 0. The molecule has 0 fully saturated rings. The van der Waals surface area contributed by atoms with Crippen molar-refractivity contribution in [2.24, 2.45) is 11.8 Å². The molecule has 0 unspecified atom stereocenters. The Bertz CT molecular complexity index is 2450. The number of pyridine rings is 2. The smallest absolute Gasteiger partial charge is 0.503 e. The second-order valence-electron chi connectivity index (χ2n) is 16.0. The Kier molecular flexibility index (Phi) is 13.9. The first kappa shape index (κ1) is 43.8. The Morgan fingerprint density at radius 3 is 1.39 bits per heavy atom. The van der Waals surface area contributed by atoms with Crippen LogP contribution in [0.1, 0.15) is 61.1 Å². The number of aromatic nitrogens is 4. The van der Waals surface area contributed by atoms with Crippen molar-refractivity contribution in [2.45, 2.75) is 68.2 Å². The molecular formula is C50H45BN4O2Pd2. The van der Waals surface area contributed by atoms with Gasteiger partial charge in [0.2, 0.25) is 6.71 Å². The zero-order valence-electron chi connectivity index (χ0n) is 34.5. The Morgan fingerprint density at radius 2 is 0.983 bits per heavy atom. The molecule has 8 rings (SSSR count). The quantitative estimate of drug-likeness (QED) is 0.0952. The molecule has 0 atom stereocenters. The second kappa shape index (κ2) is 18.7. The molecule has 6 nitrogen and oxygen atoms in total. The van der Waals surface area contributed by atoms with Crippen LogP contribution in [0.2, 0.25) is 0 Å². The monoisotopic (exact) mass is 956 g/mol. The molecule has 0 spiro atoms.